The zero-order valence-electron chi connectivity index (χ0n) is 18.4. The van der Waals surface area contributed by atoms with E-state index in [-0.39, 0.29) is 11.2 Å². The third-order valence-corrected chi connectivity index (χ3v) is 5.57. The smallest absolute Gasteiger partial charge is 0.235 e. The fourth-order valence-corrected chi connectivity index (χ4v) is 3.91. The van der Waals surface area contributed by atoms with Crippen LogP contribution in [0.25, 0.3) is 22.3 Å². The first-order chi connectivity index (χ1) is 15.4. The molecule has 0 fully saturated rings. The molecule has 0 saturated carbocycles. The molecule has 4 aromatic rings. The normalized spacial score (nSPS) is 11.0. The third-order valence-electron chi connectivity index (χ3n) is 5.24. The van der Waals surface area contributed by atoms with E-state index in [1.807, 2.05) is 75.4 Å². The number of rotatable bonds is 7. The van der Waals surface area contributed by atoms with Gasteiger partial charge in [-0.15, -0.1) is 0 Å². The van der Waals surface area contributed by atoms with Crippen molar-refractivity contribution in [3.63, 3.8) is 0 Å². The SMILES string of the molecule is Cc1ccc(OCCCOc2c(-c3ccccc3Cl)oc3cc(C)cc(C)c3c2=O)cc1. The summed E-state index contributed by atoms with van der Waals surface area (Å²) in [6.07, 6.45) is 0.611. The summed E-state index contributed by atoms with van der Waals surface area (Å²) < 4.78 is 17.9. The first-order valence-corrected chi connectivity index (χ1v) is 11.0. The van der Waals surface area contributed by atoms with Gasteiger partial charge in [0.25, 0.3) is 0 Å². The Morgan fingerprint density at radius 2 is 1.59 bits per heavy atom. The van der Waals surface area contributed by atoms with Crippen molar-refractivity contribution in [2.75, 3.05) is 13.2 Å². The second-order valence-corrected chi connectivity index (χ2v) is 8.29. The molecule has 3 aromatic carbocycles. The van der Waals surface area contributed by atoms with E-state index in [4.69, 9.17) is 25.5 Å². The van der Waals surface area contributed by atoms with Gasteiger partial charge in [0.2, 0.25) is 11.2 Å². The number of benzene rings is 3. The zero-order valence-corrected chi connectivity index (χ0v) is 19.2. The van der Waals surface area contributed by atoms with Gasteiger partial charge in [-0.1, -0.05) is 47.5 Å². The molecule has 0 unspecified atom stereocenters. The summed E-state index contributed by atoms with van der Waals surface area (Å²) in [5.41, 5.74) is 4.01. The van der Waals surface area contributed by atoms with Gasteiger partial charge < -0.3 is 13.9 Å². The molecule has 4 rings (SSSR count). The van der Waals surface area contributed by atoms with Gasteiger partial charge in [0, 0.05) is 12.0 Å². The van der Waals surface area contributed by atoms with E-state index in [9.17, 15) is 4.79 Å². The van der Waals surface area contributed by atoms with Crippen LogP contribution in [-0.2, 0) is 0 Å². The minimum atomic E-state index is -0.196. The van der Waals surface area contributed by atoms with E-state index in [0.717, 1.165) is 16.9 Å². The summed E-state index contributed by atoms with van der Waals surface area (Å²) in [7, 11) is 0. The molecule has 4 nitrogen and oxygen atoms in total. The number of halogens is 1. The van der Waals surface area contributed by atoms with Crippen LogP contribution in [0.3, 0.4) is 0 Å². The summed E-state index contributed by atoms with van der Waals surface area (Å²) in [5, 5.41) is 1.02. The molecule has 0 spiro atoms. The lowest BCUT2D eigenvalue weighted by Gasteiger charge is -2.14. The van der Waals surface area contributed by atoms with Gasteiger partial charge in [-0.25, -0.2) is 0 Å². The molecule has 32 heavy (non-hydrogen) atoms. The fourth-order valence-electron chi connectivity index (χ4n) is 3.68. The average Bonchev–Trinajstić information content (AvgIpc) is 2.76. The molecule has 1 heterocycles. The van der Waals surface area contributed by atoms with Crippen molar-refractivity contribution in [1.82, 2.24) is 0 Å². The summed E-state index contributed by atoms with van der Waals surface area (Å²) in [5.74, 6) is 1.33. The molecule has 5 heteroatoms. The molecule has 0 amide bonds. The van der Waals surface area contributed by atoms with Crippen molar-refractivity contribution >= 4 is 22.6 Å². The van der Waals surface area contributed by atoms with Crippen LogP contribution >= 0.6 is 11.6 Å². The second kappa shape index (κ2) is 9.49. The highest BCUT2D eigenvalue weighted by Gasteiger charge is 2.20. The van der Waals surface area contributed by atoms with Crippen molar-refractivity contribution in [3.05, 3.63) is 92.6 Å². The lowest BCUT2D eigenvalue weighted by atomic mass is 10.0. The van der Waals surface area contributed by atoms with Crippen LogP contribution in [0.15, 0.2) is 69.9 Å². The number of aryl methyl sites for hydroxylation is 3. The maximum Gasteiger partial charge on any atom is 0.235 e. The van der Waals surface area contributed by atoms with Gasteiger partial charge in [0.1, 0.15) is 11.3 Å². The minimum absolute atomic E-state index is 0.174. The molecule has 1 aromatic heterocycles. The Labute approximate surface area is 192 Å². The van der Waals surface area contributed by atoms with Crippen LogP contribution in [0, 0.1) is 20.8 Å². The fraction of sp³-hybridized carbons (Fsp3) is 0.222. The van der Waals surface area contributed by atoms with Gasteiger partial charge >= 0.3 is 0 Å². The summed E-state index contributed by atoms with van der Waals surface area (Å²) >= 11 is 6.42. The quantitative estimate of drug-likeness (QED) is 0.289. The number of ether oxygens (including phenoxy) is 2. The molecule has 0 radical (unpaired) electrons. The van der Waals surface area contributed by atoms with Crippen LogP contribution < -0.4 is 14.9 Å². The number of hydrogen-bond acceptors (Lipinski definition) is 4. The highest BCUT2D eigenvalue weighted by molar-refractivity contribution is 6.33. The molecule has 0 saturated heterocycles. The topological polar surface area (TPSA) is 48.7 Å². The maximum atomic E-state index is 13.4. The predicted molar refractivity (Wildman–Crippen MR) is 129 cm³/mol. The Balaban J connectivity index is 1.62. The standard InChI is InChI=1S/C27H25ClO4/c1-17-9-11-20(12-10-17)30-13-6-14-31-27-25(29)24-19(3)15-18(2)16-23(24)32-26(27)21-7-4-5-8-22(21)28/h4-5,7-12,15-16H,6,13-14H2,1-3H3. The Morgan fingerprint density at radius 1 is 0.875 bits per heavy atom. The Kier molecular flexibility index (Phi) is 6.52. The molecule has 0 atom stereocenters. The second-order valence-electron chi connectivity index (χ2n) is 7.89. The summed E-state index contributed by atoms with van der Waals surface area (Å²) in [4.78, 5) is 13.4. The molecule has 0 aliphatic heterocycles. The van der Waals surface area contributed by atoms with E-state index in [1.165, 1.54) is 5.56 Å². The predicted octanol–water partition coefficient (Wildman–Crippen LogP) is 6.89. The van der Waals surface area contributed by atoms with Gasteiger partial charge in [0.05, 0.1) is 23.6 Å². The summed E-state index contributed by atoms with van der Waals surface area (Å²) in [6.45, 7) is 6.69. The van der Waals surface area contributed by atoms with Gasteiger partial charge in [0.15, 0.2) is 5.76 Å². The first-order valence-electron chi connectivity index (χ1n) is 10.6. The van der Waals surface area contributed by atoms with Crippen molar-refractivity contribution in [2.45, 2.75) is 27.2 Å². The van der Waals surface area contributed by atoms with E-state index in [0.29, 0.717) is 47.0 Å². The van der Waals surface area contributed by atoms with E-state index in [1.54, 1.807) is 6.07 Å². The van der Waals surface area contributed by atoms with Crippen molar-refractivity contribution in [1.29, 1.82) is 0 Å². The largest absolute Gasteiger partial charge is 0.493 e. The van der Waals surface area contributed by atoms with Gasteiger partial charge in [-0.3, -0.25) is 4.79 Å². The zero-order chi connectivity index (χ0) is 22.7. The molecule has 0 aliphatic rings. The molecule has 0 aliphatic carbocycles. The lowest BCUT2D eigenvalue weighted by molar-refractivity contribution is 0.244. The Morgan fingerprint density at radius 3 is 2.34 bits per heavy atom. The third kappa shape index (κ3) is 4.66. The van der Waals surface area contributed by atoms with Crippen LogP contribution in [0.4, 0.5) is 0 Å². The maximum absolute atomic E-state index is 13.4. The highest BCUT2D eigenvalue weighted by atomic mass is 35.5. The molecule has 164 valence electrons. The molecule has 0 N–H and O–H groups in total. The van der Waals surface area contributed by atoms with Crippen LogP contribution in [0.5, 0.6) is 11.5 Å². The molecule has 0 bridgehead atoms. The summed E-state index contributed by atoms with van der Waals surface area (Å²) in [6, 6.07) is 19.0. The van der Waals surface area contributed by atoms with Crippen molar-refractivity contribution in [3.8, 4) is 22.8 Å². The Hall–Kier alpha value is -3.24. The van der Waals surface area contributed by atoms with Crippen molar-refractivity contribution in [2.24, 2.45) is 0 Å². The highest BCUT2D eigenvalue weighted by Crippen LogP contribution is 2.36. The average molecular weight is 449 g/mol. The van der Waals surface area contributed by atoms with Crippen LogP contribution in [-0.4, -0.2) is 13.2 Å². The van der Waals surface area contributed by atoms with Crippen LogP contribution in [0.1, 0.15) is 23.1 Å². The van der Waals surface area contributed by atoms with E-state index >= 15 is 0 Å². The van der Waals surface area contributed by atoms with Gasteiger partial charge in [-0.05, 0) is 62.2 Å². The molecular weight excluding hydrogens is 424 g/mol. The first kappa shape index (κ1) is 22.0. The van der Waals surface area contributed by atoms with E-state index < -0.39 is 0 Å². The van der Waals surface area contributed by atoms with Gasteiger partial charge in [-0.2, -0.15) is 0 Å². The molecular formula is C27H25ClO4. The van der Waals surface area contributed by atoms with Crippen LogP contribution in [0.2, 0.25) is 5.02 Å². The number of fused-ring (bicyclic) bond motifs is 1. The Bertz CT molecular complexity index is 1310. The lowest BCUT2D eigenvalue weighted by Crippen LogP contribution is -2.14. The minimum Gasteiger partial charge on any atom is -0.493 e. The van der Waals surface area contributed by atoms with E-state index in [2.05, 4.69) is 0 Å². The van der Waals surface area contributed by atoms with Crippen molar-refractivity contribution < 1.29 is 13.9 Å². The monoisotopic (exact) mass is 448 g/mol. The number of hydrogen-bond donors (Lipinski definition) is 0.